The van der Waals surface area contributed by atoms with Crippen LogP contribution in [0, 0.1) is 0 Å². The van der Waals surface area contributed by atoms with Gasteiger partial charge in [-0.05, 0) is 18.4 Å². The van der Waals surface area contributed by atoms with Crippen LogP contribution >= 0.6 is 0 Å². The molecule has 0 saturated carbocycles. The summed E-state index contributed by atoms with van der Waals surface area (Å²) >= 11 is 0. The normalized spacial score (nSPS) is 13.1. The van der Waals surface area contributed by atoms with Crippen LogP contribution in [0.5, 0.6) is 0 Å². The van der Waals surface area contributed by atoms with E-state index < -0.39 is 10.0 Å². The summed E-state index contributed by atoms with van der Waals surface area (Å²) in [6.07, 6.45) is 0. The second kappa shape index (κ2) is 8.19. The highest BCUT2D eigenvalue weighted by Crippen LogP contribution is 2.15. The van der Waals surface area contributed by atoms with Gasteiger partial charge in [0.05, 0.1) is 19.0 Å². The highest BCUT2D eigenvalue weighted by molar-refractivity contribution is 7.89. The van der Waals surface area contributed by atoms with E-state index in [-0.39, 0.29) is 18.2 Å². The van der Waals surface area contributed by atoms with Gasteiger partial charge in [-0.1, -0.05) is 49.4 Å². The Morgan fingerprint density at radius 1 is 1.35 bits per heavy atom. The van der Waals surface area contributed by atoms with Crippen molar-refractivity contribution in [2.75, 3.05) is 25.5 Å². The molecule has 1 unspecified atom stereocenters. The Kier molecular flexibility index (Phi) is 6.91. The maximum Gasteiger partial charge on any atom is 0.212 e. The largest absolute Gasteiger partial charge is 0.376 e. The molecule has 0 heterocycles. The summed E-state index contributed by atoms with van der Waals surface area (Å²) in [7, 11) is -3.28. The monoisotopic (exact) mass is 297 g/mol. The standard InChI is InChI=1S/C15H23NO3S/c1-13(2)11-19-10-9-16-20(17,18)12-14(3)15-7-5-4-6-8-15/h4-8,14,16H,1,9-12H2,2-3H3. The number of hydrogen-bond acceptors (Lipinski definition) is 3. The van der Waals surface area contributed by atoms with E-state index in [0.29, 0.717) is 13.2 Å². The Labute approximate surface area is 121 Å². The number of nitrogens with one attached hydrogen (secondary N) is 1. The first kappa shape index (κ1) is 16.9. The lowest BCUT2D eigenvalue weighted by Crippen LogP contribution is -2.31. The van der Waals surface area contributed by atoms with E-state index in [1.165, 1.54) is 0 Å². The second-order valence-corrected chi connectivity index (χ2v) is 6.85. The molecule has 0 spiro atoms. The van der Waals surface area contributed by atoms with Crippen LogP contribution in [0.4, 0.5) is 0 Å². The predicted molar refractivity (Wildman–Crippen MR) is 82.3 cm³/mol. The van der Waals surface area contributed by atoms with E-state index in [2.05, 4.69) is 11.3 Å². The molecule has 0 aliphatic rings. The molecule has 1 atom stereocenters. The predicted octanol–water partition coefficient (Wildman–Crippen LogP) is 2.30. The Morgan fingerprint density at radius 3 is 2.60 bits per heavy atom. The van der Waals surface area contributed by atoms with Crippen molar-refractivity contribution in [2.45, 2.75) is 19.8 Å². The van der Waals surface area contributed by atoms with Crippen LogP contribution < -0.4 is 4.72 Å². The van der Waals surface area contributed by atoms with Crippen LogP contribution in [0.3, 0.4) is 0 Å². The Balaban J connectivity index is 2.36. The fourth-order valence-corrected chi connectivity index (χ4v) is 3.14. The Bertz CT molecular complexity index is 511. The lowest BCUT2D eigenvalue weighted by molar-refractivity contribution is 0.162. The van der Waals surface area contributed by atoms with Gasteiger partial charge in [-0.2, -0.15) is 0 Å². The average molecular weight is 297 g/mol. The smallest absolute Gasteiger partial charge is 0.212 e. The maximum absolute atomic E-state index is 11.9. The molecule has 112 valence electrons. The molecule has 1 rings (SSSR count). The maximum atomic E-state index is 11.9. The summed E-state index contributed by atoms with van der Waals surface area (Å²) in [5.41, 5.74) is 1.95. The summed E-state index contributed by atoms with van der Waals surface area (Å²) in [4.78, 5) is 0. The molecule has 1 aromatic rings. The van der Waals surface area contributed by atoms with Crippen LogP contribution in [0.2, 0.25) is 0 Å². The third kappa shape index (κ3) is 6.84. The van der Waals surface area contributed by atoms with E-state index in [1.54, 1.807) is 0 Å². The third-order valence-corrected chi connectivity index (χ3v) is 4.34. The van der Waals surface area contributed by atoms with Crippen LogP contribution in [0.25, 0.3) is 0 Å². The summed E-state index contributed by atoms with van der Waals surface area (Å²) in [5, 5.41) is 0. The third-order valence-electron chi connectivity index (χ3n) is 2.75. The van der Waals surface area contributed by atoms with Gasteiger partial charge < -0.3 is 4.74 Å². The second-order valence-electron chi connectivity index (χ2n) is 5.00. The van der Waals surface area contributed by atoms with E-state index in [4.69, 9.17) is 4.74 Å². The van der Waals surface area contributed by atoms with Crippen molar-refractivity contribution in [2.24, 2.45) is 0 Å². The summed E-state index contributed by atoms with van der Waals surface area (Å²) in [6.45, 7) is 8.59. The van der Waals surface area contributed by atoms with E-state index >= 15 is 0 Å². The SMILES string of the molecule is C=C(C)COCCNS(=O)(=O)CC(C)c1ccccc1. The topological polar surface area (TPSA) is 55.4 Å². The molecule has 0 aliphatic carbocycles. The van der Waals surface area contributed by atoms with Crippen molar-refractivity contribution in [1.29, 1.82) is 0 Å². The molecule has 0 amide bonds. The van der Waals surface area contributed by atoms with Gasteiger partial charge in [-0.25, -0.2) is 13.1 Å². The van der Waals surface area contributed by atoms with Crippen molar-refractivity contribution < 1.29 is 13.2 Å². The van der Waals surface area contributed by atoms with Crippen LogP contribution in [-0.4, -0.2) is 33.9 Å². The van der Waals surface area contributed by atoms with Crippen LogP contribution in [0.1, 0.15) is 25.3 Å². The minimum atomic E-state index is -3.28. The zero-order valence-corrected chi connectivity index (χ0v) is 12.9. The van der Waals surface area contributed by atoms with Gasteiger partial charge in [0.25, 0.3) is 0 Å². The van der Waals surface area contributed by atoms with E-state index in [1.807, 2.05) is 44.2 Å². The van der Waals surface area contributed by atoms with Crippen molar-refractivity contribution in [3.8, 4) is 0 Å². The first-order valence-electron chi connectivity index (χ1n) is 6.65. The Morgan fingerprint density at radius 2 is 2.00 bits per heavy atom. The molecule has 1 N–H and O–H groups in total. The first-order valence-corrected chi connectivity index (χ1v) is 8.30. The summed E-state index contributed by atoms with van der Waals surface area (Å²) < 4.78 is 31.7. The van der Waals surface area contributed by atoms with Crippen molar-refractivity contribution in [1.82, 2.24) is 4.72 Å². The highest BCUT2D eigenvalue weighted by atomic mass is 32.2. The van der Waals surface area contributed by atoms with Gasteiger partial charge >= 0.3 is 0 Å². The van der Waals surface area contributed by atoms with Crippen molar-refractivity contribution in [3.05, 3.63) is 48.0 Å². The summed E-state index contributed by atoms with van der Waals surface area (Å²) in [6, 6.07) is 9.63. The molecule has 1 aromatic carbocycles. The van der Waals surface area contributed by atoms with Gasteiger partial charge in [0.2, 0.25) is 10.0 Å². The zero-order valence-electron chi connectivity index (χ0n) is 12.1. The molecule has 0 radical (unpaired) electrons. The average Bonchev–Trinajstić information content (AvgIpc) is 2.38. The molecule has 0 aliphatic heterocycles. The number of hydrogen-bond donors (Lipinski definition) is 1. The number of sulfonamides is 1. The van der Waals surface area contributed by atoms with Crippen LogP contribution in [-0.2, 0) is 14.8 Å². The number of benzene rings is 1. The van der Waals surface area contributed by atoms with Crippen LogP contribution in [0.15, 0.2) is 42.5 Å². The fourth-order valence-electron chi connectivity index (χ4n) is 1.78. The van der Waals surface area contributed by atoms with E-state index in [9.17, 15) is 8.42 Å². The molecule has 20 heavy (non-hydrogen) atoms. The molecule has 0 aromatic heterocycles. The van der Waals surface area contributed by atoms with Crippen molar-refractivity contribution in [3.63, 3.8) is 0 Å². The molecule has 4 nitrogen and oxygen atoms in total. The quantitative estimate of drug-likeness (QED) is 0.562. The lowest BCUT2D eigenvalue weighted by atomic mass is 10.0. The molecular weight excluding hydrogens is 274 g/mol. The number of rotatable bonds is 9. The minimum absolute atomic E-state index is 0.0370. The highest BCUT2D eigenvalue weighted by Gasteiger charge is 2.16. The molecule has 0 bridgehead atoms. The fraction of sp³-hybridized carbons (Fsp3) is 0.467. The van der Waals surface area contributed by atoms with E-state index in [0.717, 1.165) is 11.1 Å². The molecular formula is C15H23NO3S. The zero-order chi connectivity index (χ0) is 15.0. The van der Waals surface area contributed by atoms with Gasteiger partial charge in [0.1, 0.15) is 0 Å². The van der Waals surface area contributed by atoms with Gasteiger partial charge in [0.15, 0.2) is 0 Å². The van der Waals surface area contributed by atoms with Crippen molar-refractivity contribution >= 4 is 10.0 Å². The number of ether oxygens (including phenoxy) is 1. The summed E-state index contributed by atoms with van der Waals surface area (Å²) in [5.74, 6) is 0.0439. The van der Waals surface area contributed by atoms with Gasteiger partial charge in [0, 0.05) is 6.54 Å². The molecule has 0 fully saturated rings. The molecule has 0 saturated heterocycles. The first-order chi connectivity index (χ1) is 9.41. The van der Waals surface area contributed by atoms with Gasteiger partial charge in [-0.15, -0.1) is 0 Å². The van der Waals surface area contributed by atoms with Gasteiger partial charge in [-0.3, -0.25) is 0 Å². The lowest BCUT2D eigenvalue weighted by Gasteiger charge is -2.13. The Hall–Kier alpha value is -1.17. The minimum Gasteiger partial charge on any atom is -0.376 e. The molecule has 5 heteroatoms.